The number of aryl methyl sites for hydroxylation is 1. The van der Waals surface area contributed by atoms with E-state index >= 15 is 0 Å². The van der Waals surface area contributed by atoms with Crippen LogP contribution in [0.15, 0.2) is 67.0 Å². The Kier molecular flexibility index (Phi) is 6.90. The van der Waals surface area contributed by atoms with Crippen LogP contribution < -0.4 is 15.5 Å². The van der Waals surface area contributed by atoms with E-state index < -0.39 is 17.6 Å². The van der Waals surface area contributed by atoms with E-state index in [4.69, 9.17) is 11.6 Å². The van der Waals surface area contributed by atoms with Crippen molar-refractivity contribution in [3.05, 3.63) is 100 Å². The maximum Gasteiger partial charge on any atom is 0.416 e. The molecule has 0 unspecified atom stereocenters. The summed E-state index contributed by atoms with van der Waals surface area (Å²) in [4.78, 5) is 27.9. The number of rotatable bonds is 5. The van der Waals surface area contributed by atoms with Gasteiger partial charge in [0.15, 0.2) is 0 Å². The molecule has 0 fully saturated rings. The van der Waals surface area contributed by atoms with Gasteiger partial charge in [0.2, 0.25) is 5.95 Å². The first-order valence-corrected chi connectivity index (χ1v) is 12.1. The van der Waals surface area contributed by atoms with Crippen LogP contribution in [-0.2, 0) is 19.1 Å². The first-order valence-electron chi connectivity index (χ1n) is 11.7. The molecule has 0 saturated carbocycles. The number of benzene rings is 2. The number of alkyl halides is 3. The third kappa shape index (κ3) is 5.70. The third-order valence-corrected chi connectivity index (χ3v) is 6.38. The minimum absolute atomic E-state index is 0.0653. The lowest BCUT2D eigenvalue weighted by Gasteiger charge is -2.31. The predicted molar refractivity (Wildman–Crippen MR) is 140 cm³/mol. The lowest BCUT2D eigenvalue weighted by molar-refractivity contribution is -0.137. The van der Waals surface area contributed by atoms with Crippen LogP contribution in [0, 0.1) is 6.92 Å². The molecule has 0 atom stereocenters. The molecule has 11 heteroatoms. The monoisotopic (exact) mass is 538 g/mol. The number of carbonyl (C=O) groups is 1. The second-order valence-electron chi connectivity index (χ2n) is 8.86. The molecule has 0 bridgehead atoms. The Morgan fingerprint density at radius 3 is 2.68 bits per heavy atom. The van der Waals surface area contributed by atoms with Crippen molar-refractivity contribution < 1.29 is 18.0 Å². The predicted octanol–water partition coefficient (Wildman–Crippen LogP) is 6.41. The molecular weight excluding hydrogens is 517 g/mol. The molecule has 3 heterocycles. The number of hydrogen-bond donors (Lipinski definition) is 2. The fourth-order valence-electron chi connectivity index (χ4n) is 4.26. The van der Waals surface area contributed by atoms with E-state index in [1.165, 1.54) is 12.1 Å². The van der Waals surface area contributed by atoms with Crippen molar-refractivity contribution in [2.45, 2.75) is 26.1 Å². The van der Waals surface area contributed by atoms with E-state index in [-0.39, 0.29) is 5.56 Å². The van der Waals surface area contributed by atoms with Gasteiger partial charge in [0.1, 0.15) is 5.15 Å². The summed E-state index contributed by atoms with van der Waals surface area (Å²) >= 11 is 5.94. The average molecular weight is 539 g/mol. The van der Waals surface area contributed by atoms with Crippen LogP contribution in [0.3, 0.4) is 0 Å². The molecule has 1 aliphatic heterocycles. The Hall–Kier alpha value is -4.18. The van der Waals surface area contributed by atoms with Crippen LogP contribution in [0.1, 0.15) is 32.7 Å². The fraction of sp³-hybridized carbons (Fsp3) is 0.185. The van der Waals surface area contributed by atoms with Crippen molar-refractivity contribution in [3.63, 3.8) is 0 Å². The number of anilines is 4. The van der Waals surface area contributed by atoms with Crippen molar-refractivity contribution in [1.29, 1.82) is 0 Å². The third-order valence-electron chi connectivity index (χ3n) is 6.18. The standard InChI is InChI=1S/C27H22ClF3N6O/c1-16-5-6-20(34-25(38)17-3-2-4-19(11-17)27(29,30)31)12-23(16)37-10-8-22-18(15-37)14-33-26(36-22)35-21-7-9-32-24(28)13-21/h2-7,9,11-14H,8,10,15H2,1H3,(H,34,38)(H,32,33,35,36). The minimum atomic E-state index is -4.52. The van der Waals surface area contributed by atoms with E-state index in [0.29, 0.717) is 36.3 Å². The van der Waals surface area contributed by atoms with Crippen LogP contribution >= 0.6 is 11.6 Å². The van der Waals surface area contributed by atoms with Crippen molar-refractivity contribution >= 4 is 40.5 Å². The largest absolute Gasteiger partial charge is 0.416 e. The molecule has 1 aliphatic rings. The van der Waals surface area contributed by atoms with Gasteiger partial charge in [-0.05, 0) is 55.0 Å². The number of hydrogen-bond acceptors (Lipinski definition) is 6. The molecule has 5 rings (SSSR count). The summed E-state index contributed by atoms with van der Waals surface area (Å²) in [6.45, 7) is 3.23. The van der Waals surface area contributed by atoms with Crippen LogP contribution in [0.2, 0.25) is 5.15 Å². The van der Waals surface area contributed by atoms with Gasteiger partial charge in [-0.2, -0.15) is 13.2 Å². The van der Waals surface area contributed by atoms with Gasteiger partial charge in [-0.3, -0.25) is 4.79 Å². The van der Waals surface area contributed by atoms with Gasteiger partial charge in [0.25, 0.3) is 5.91 Å². The summed E-state index contributed by atoms with van der Waals surface area (Å²) < 4.78 is 39.1. The Morgan fingerprint density at radius 2 is 1.89 bits per heavy atom. The van der Waals surface area contributed by atoms with E-state index in [9.17, 15) is 18.0 Å². The van der Waals surface area contributed by atoms with Gasteiger partial charge >= 0.3 is 6.18 Å². The molecule has 38 heavy (non-hydrogen) atoms. The lowest BCUT2D eigenvalue weighted by atomic mass is 10.0. The number of fused-ring (bicyclic) bond motifs is 1. The molecule has 0 aliphatic carbocycles. The smallest absolute Gasteiger partial charge is 0.366 e. The van der Waals surface area contributed by atoms with E-state index in [1.54, 1.807) is 30.6 Å². The Morgan fingerprint density at radius 1 is 1.05 bits per heavy atom. The number of amides is 1. The maximum atomic E-state index is 13.0. The molecule has 0 saturated heterocycles. The Balaban J connectivity index is 1.31. The number of nitrogens with one attached hydrogen (secondary N) is 2. The van der Waals surface area contributed by atoms with Gasteiger partial charge in [-0.25, -0.2) is 15.0 Å². The second-order valence-corrected chi connectivity index (χ2v) is 9.25. The summed E-state index contributed by atoms with van der Waals surface area (Å²) in [5.41, 5.74) is 4.12. The number of carbonyl (C=O) groups excluding carboxylic acids is 1. The highest BCUT2D eigenvalue weighted by atomic mass is 35.5. The van der Waals surface area contributed by atoms with Crippen molar-refractivity contribution in [1.82, 2.24) is 15.0 Å². The van der Waals surface area contributed by atoms with Crippen molar-refractivity contribution in [2.24, 2.45) is 0 Å². The molecule has 1 amide bonds. The van der Waals surface area contributed by atoms with Gasteiger partial charge in [0.05, 0.1) is 11.3 Å². The molecular formula is C27H22ClF3N6O. The molecule has 2 N–H and O–H groups in total. The van der Waals surface area contributed by atoms with Crippen molar-refractivity contribution in [2.75, 3.05) is 22.1 Å². The summed E-state index contributed by atoms with van der Waals surface area (Å²) in [6.07, 6.45) is -0.456. The Labute approximate surface area is 221 Å². The molecule has 4 aromatic rings. The summed E-state index contributed by atoms with van der Waals surface area (Å²) in [6, 6.07) is 13.3. The SMILES string of the molecule is Cc1ccc(NC(=O)c2cccc(C(F)(F)F)c2)cc1N1CCc2nc(Nc3ccnc(Cl)c3)ncc2C1. The van der Waals surface area contributed by atoms with Gasteiger partial charge in [-0.15, -0.1) is 0 Å². The Bertz CT molecular complexity index is 1510. The van der Waals surface area contributed by atoms with Crippen LogP contribution in [0.25, 0.3) is 0 Å². The summed E-state index contributed by atoms with van der Waals surface area (Å²) in [5.74, 6) is -0.145. The summed E-state index contributed by atoms with van der Waals surface area (Å²) in [7, 11) is 0. The van der Waals surface area contributed by atoms with Crippen LogP contribution in [0.5, 0.6) is 0 Å². The maximum absolute atomic E-state index is 13.0. The van der Waals surface area contributed by atoms with E-state index in [1.807, 2.05) is 19.1 Å². The first-order chi connectivity index (χ1) is 18.2. The van der Waals surface area contributed by atoms with E-state index in [0.717, 1.165) is 40.3 Å². The van der Waals surface area contributed by atoms with Gasteiger partial charge in [-0.1, -0.05) is 23.7 Å². The number of aromatic nitrogens is 3. The highest BCUT2D eigenvalue weighted by Crippen LogP contribution is 2.31. The zero-order valence-electron chi connectivity index (χ0n) is 20.2. The van der Waals surface area contributed by atoms with Crippen LogP contribution in [0.4, 0.5) is 36.2 Å². The van der Waals surface area contributed by atoms with Gasteiger partial charge in [0, 0.05) is 60.1 Å². The fourth-order valence-corrected chi connectivity index (χ4v) is 4.43. The minimum Gasteiger partial charge on any atom is -0.366 e. The highest BCUT2D eigenvalue weighted by Gasteiger charge is 2.31. The molecule has 0 spiro atoms. The molecule has 194 valence electrons. The van der Waals surface area contributed by atoms with E-state index in [2.05, 4.69) is 30.5 Å². The zero-order valence-corrected chi connectivity index (χ0v) is 20.9. The molecule has 7 nitrogen and oxygen atoms in total. The average Bonchev–Trinajstić information content (AvgIpc) is 2.89. The number of nitrogens with zero attached hydrogens (tertiary/aromatic N) is 4. The normalized spacial score (nSPS) is 13.1. The lowest BCUT2D eigenvalue weighted by Crippen LogP contribution is -2.32. The molecule has 0 radical (unpaired) electrons. The highest BCUT2D eigenvalue weighted by molar-refractivity contribution is 6.29. The topological polar surface area (TPSA) is 83.0 Å². The first kappa shape index (κ1) is 25.5. The van der Waals surface area contributed by atoms with Crippen molar-refractivity contribution in [3.8, 4) is 0 Å². The summed E-state index contributed by atoms with van der Waals surface area (Å²) in [5, 5.41) is 6.22. The molecule has 2 aromatic heterocycles. The van der Waals surface area contributed by atoms with Crippen LogP contribution in [-0.4, -0.2) is 27.4 Å². The number of halogens is 4. The quantitative estimate of drug-likeness (QED) is 0.286. The second kappa shape index (κ2) is 10.3. The molecule has 2 aromatic carbocycles. The number of pyridine rings is 1. The zero-order chi connectivity index (χ0) is 26.9. The van der Waals surface area contributed by atoms with Gasteiger partial charge < -0.3 is 15.5 Å².